The molecule has 0 fully saturated rings. The lowest BCUT2D eigenvalue weighted by molar-refractivity contribution is -0.648. The van der Waals surface area contributed by atoms with Crippen LogP contribution in [-0.2, 0) is 0 Å². The van der Waals surface area contributed by atoms with E-state index in [0.717, 1.165) is 0 Å². The molecule has 0 aliphatic heterocycles. The Labute approximate surface area is 61.9 Å². The first kappa shape index (κ1) is 5.96. The Kier molecular flexibility index (Phi) is 1.15. The van der Waals surface area contributed by atoms with Crippen molar-refractivity contribution < 1.29 is 4.85 Å². The van der Waals surface area contributed by atoms with Crippen molar-refractivity contribution in [3.63, 3.8) is 0 Å². The van der Waals surface area contributed by atoms with Gasteiger partial charge in [-0.3, -0.25) is 0 Å². The fourth-order valence-corrected chi connectivity index (χ4v) is 0.846. The molecule has 2 heterocycles. The number of aromatic nitrogens is 4. The van der Waals surface area contributed by atoms with Gasteiger partial charge >= 0.3 is 0 Å². The highest BCUT2D eigenvalue weighted by Gasteiger charge is 2.00. The SMILES string of the molecule is [O-][n+]1nncc2ncccc21. The molecule has 0 spiro atoms. The molecule has 0 saturated carbocycles. The Bertz CT molecular complexity index is 384. The van der Waals surface area contributed by atoms with Gasteiger partial charge in [0.15, 0.2) is 17.2 Å². The Morgan fingerprint density at radius 3 is 3.18 bits per heavy atom. The first-order valence-electron chi connectivity index (χ1n) is 3.04. The standard InChI is InChI=1S/C6H4N4O/c11-10-6-2-1-3-7-5(6)4-8-9-10/h1-4H. The van der Waals surface area contributed by atoms with Crippen molar-refractivity contribution >= 4 is 11.0 Å². The van der Waals surface area contributed by atoms with Crippen molar-refractivity contribution in [2.24, 2.45) is 0 Å². The van der Waals surface area contributed by atoms with E-state index in [2.05, 4.69) is 15.3 Å². The second kappa shape index (κ2) is 2.12. The van der Waals surface area contributed by atoms with Gasteiger partial charge in [0.25, 0.3) is 0 Å². The highest BCUT2D eigenvalue weighted by atomic mass is 16.5. The van der Waals surface area contributed by atoms with E-state index < -0.39 is 0 Å². The molecule has 2 aromatic rings. The average molecular weight is 148 g/mol. The molecule has 0 aromatic carbocycles. The molecule has 54 valence electrons. The van der Waals surface area contributed by atoms with Crippen LogP contribution in [0, 0.1) is 5.21 Å². The Morgan fingerprint density at radius 2 is 2.36 bits per heavy atom. The maximum atomic E-state index is 10.9. The molecule has 0 bridgehead atoms. The van der Waals surface area contributed by atoms with Gasteiger partial charge in [-0.15, -0.1) is 4.85 Å². The van der Waals surface area contributed by atoms with Crippen LogP contribution in [-0.4, -0.2) is 15.3 Å². The van der Waals surface area contributed by atoms with Crippen molar-refractivity contribution in [3.8, 4) is 0 Å². The van der Waals surface area contributed by atoms with Crippen LogP contribution in [0.4, 0.5) is 0 Å². The first-order valence-corrected chi connectivity index (χ1v) is 3.04. The van der Waals surface area contributed by atoms with E-state index in [0.29, 0.717) is 15.9 Å². The van der Waals surface area contributed by atoms with E-state index in [1.165, 1.54) is 6.20 Å². The lowest BCUT2D eigenvalue weighted by Gasteiger charge is -1.97. The van der Waals surface area contributed by atoms with Gasteiger partial charge in [-0.2, -0.15) is 0 Å². The molecule has 0 radical (unpaired) electrons. The number of hydrogen-bond donors (Lipinski definition) is 0. The van der Waals surface area contributed by atoms with Crippen molar-refractivity contribution in [2.45, 2.75) is 0 Å². The average Bonchev–Trinajstić information content (AvgIpc) is 2.06. The molecule has 0 saturated heterocycles. The highest BCUT2D eigenvalue weighted by Crippen LogP contribution is 1.99. The minimum Gasteiger partial charge on any atom is -0.691 e. The summed E-state index contributed by atoms with van der Waals surface area (Å²) in [6.45, 7) is 0. The van der Waals surface area contributed by atoms with Crippen LogP contribution in [0.5, 0.6) is 0 Å². The molecular weight excluding hydrogens is 144 g/mol. The topological polar surface area (TPSA) is 65.6 Å². The van der Waals surface area contributed by atoms with Crippen molar-refractivity contribution in [2.75, 3.05) is 0 Å². The number of hydrogen-bond acceptors (Lipinski definition) is 4. The summed E-state index contributed by atoms with van der Waals surface area (Å²) in [4.78, 5) is 4.37. The summed E-state index contributed by atoms with van der Waals surface area (Å²) >= 11 is 0. The second-order valence-corrected chi connectivity index (χ2v) is 2.01. The van der Waals surface area contributed by atoms with Gasteiger partial charge in [0, 0.05) is 6.20 Å². The number of rotatable bonds is 0. The molecular formula is C6H4N4O. The van der Waals surface area contributed by atoms with E-state index in [1.54, 1.807) is 18.3 Å². The second-order valence-electron chi connectivity index (χ2n) is 2.01. The minimum atomic E-state index is 0.433. The van der Waals surface area contributed by atoms with E-state index in [-0.39, 0.29) is 0 Å². The Balaban J connectivity index is 2.91. The molecule has 11 heavy (non-hydrogen) atoms. The van der Waals surface area contributed by atoms with Crippen molar-refractivity contribution in [1.82, 2.24) is 15.3 Å². The first-order chi connectivity index (χ1) is 5.38. The van der Waals surface area contributed by atoms with Crippen LogP contribution in [0.3, 0.4) is 0 Å². The normalized spacial score (nSPS) is 10.2. The van der Waals surface area contributed by atoms with Gasteiger partial charge in [0.05, 0.1) is 5.10 Å². The van der Waals surface area contributed by atoms with Gasteiger partial charge in [0.2, 0.25) is 0 Å². The predicted octanol–water partition coefficient (Wildman–Crippen LogP) is -0.342. The van der Waals surface area contributed by atoms with Gasteiger partial charge in [-0.1, -0.05) is 0 Å². The molecule has 0 N–H and O–H groups in total. The minimum absolute atomic E-state index is 0.433. The molecule has 0 aliphatic carbocycles. The zero-order chi connectivity index (χ0) is 7.68. The zero-order valence-corrected chi connectivity index (χ0v) is 5.51. The molecule has 5 heteroatoms. The fourth-order valence-electron chi connectivity index (χ4n) is 0.846. The fraction of sp³-hybridized carbons (Fsp3) is 0. The Morgan fingerprint density at radius 1 is 1.45 bits per heavy atom. The van der Waals surface area contributed by atoms with Crippen LogP contribution >= 0.6 is 0 Å². The summed E-state index contributed by atoms with van der Waals surface area (Å²) in [6, 6.07) is 3.32. The molecule has 2 rings (SSSR count). The summed E-state index contributed by atoms with van der Waals surface area (Å²) in [5, 5.41) is 17.6. The molecule has 0 atom stereocenters. The Hall–Kier alpha value is -1.78. The summed E-state index contributed by atoms with van der Waals surface area (Å²) in [5.41, 5.74) is 0.986. The van der Waals surface area contributed by atoms with Gasteiger partial charge in [0.1, 0.15) is 5.21 Å². The van der Waals surface area contributed by atoms with Crippen LogP contribution in [0.1, 0.15) is 0 Å². The van der Waals surface area contributed by atoms with Crippen LogP contribution < -0.4 is 4.85 Å². The van der Waals surface area contributed by atoms with E-state index in [9.17, 15) is 5.21 Å². The third kappa shape index (κ3) is 0.861. The maximum Gasteiger partial charge on any atom is 0.198 e. The van der Waals surface area contributed by atoms with E-state index >= 15 is 0 Å². The zero-order valence-electron chi connectivity index (χ0n) is 5.51. The van der Waals surface area contributed by atoms with E-state index in [4.69, 9.17) is 0 Å². The summed E-state index contributed by atoms with van der Waals surface area (Å²) in [7, 11) is 0. The smallest absolute Gasteiger partial charge is 0.198 e. The summed E-state index contributed by atoms with van der Waals surface area (Å²) in [5.74, 6) is 0. The summed E-state index contributed by atoms with van der Waals surface area (Å²) in [6.07, 6.45) is 3.05. The lowest BCUT2D eigenvalue weighted by atomic mass is 10.4. The van der Waals surface area contributed by atoms with Crippen LogP contribution in [0.15, 0.2) is 24.5 Å². The monoisotopic (exact) mass is 148 g/mol. The molecule has 0 aliphatic rings. The third-order valence-corrected chi connectivity index (χ3v) is 1.34. The van der Waals surface area contributed by atoms with Crippen molar-refractivity contribution in [3.05, 3.63) is 29.7 Å². The van der Waals surface area contributed by atoms with Crippen molar-refractivity contribution in [1.29, 1.82) is 0 Å². The number of pyridine rings is 1. The molecule has 0 amide bonds. The molecule has 0 unspecified atom stereocenters. The highest BCUT2D eigenvalue weighted by molar-refractivity contribution is 5.68. The molecule has 2 aromatic heterocycles. The van der Waals surface area contributed by atoms with Gasteiger partial charge < -0.3 is 5.21 Å². The largest absolute Gasteiger partial charge is 0.691 e. The molecule has 5 nitrogen and oxygen atoms in total. The number of fused-ring (bicyclic) bond motifs is 1. The lowest BCUT2D eigenvalue weighted by Crippen LogP contribution is -2.32. The third-order valence-electron chi connectivity index (χ3n) is 1.34. The van der Waals surface area contributed by atoms with Crippen LogP contribution in [0.2, 0.25) is 0 Å². The number of nitrogens with zero attached hydrogens (tertiary/aromatic N) is 4. The summed E-state index contributed by atoms with van der Waals surface area (Å²) < 4.78 is 0. The maximum absolute atomic E-state index is 10.9. The van der Waals surface area contributed by atoms with Gasteiger partial charge in [-0.05, 0) is 12.1 Å². The van der Waals surface area contributed by atoms with Gasteiger partial charge in [-0.25, -0.2) is 4.98 Å². The van der Waals surface area contributed by atoms with E-state index in [1.807, 2.05) is 0 Å². The van der Waals surface area contributed by atoms with Crippen LogP contribution in [0.25, 0.3) is 11.0 Å². The quantitative estimate of drug-likeness (QED) is 0.378. The predicted molar refractivity (Wildman–Crippen MR) is 36.3 cm³/mol.